The van der Waals surface area contributed by atoms with Crippen LogP contribution in [-0.2, 0) is 14.3 Å². The van der Waals surface area contributed by atoms with Crippen LogP contribution in [0.25, 0.3) is 0 Å². The Bertz CT molecular complexity index is 235. The lowest BCUT2D eigenvalue weighted by molar-refractivity contribution is -0.147. The minimum absolute atomic E-state index is 0.169. The molecule has 1 heterocycles. The van der Waals surface area contributed by atoms with Crippen LogP contribution >= 0.6 is 0 Å². The Morgan fingerprint density at radius 3 is 2.94 bits per heavy atom. The quantitative estimate of drug-likeness (QED) is 0.724. The second kappa shape index (κ2) is 7.63. The predicted octanol–water partition coefficient (Wildman–Crippen LogP) is 0.977. The SMILES string of the molecule is CCCOC1CCCN(C(COC)C(=O)O)C1. The molecule has 1 aliphatic rings. The number of aliphatic carboxylic acids is 1. The van der Waals surface area contributed by atoms with E-state index in [4.69, 9.17) is 14.6 Å². The van der Waals surface area contributed by atoms with Crippen LogP contribution in [0.4, 0.5) is 0 Å². The van der Waals surface area contributed by atoms with Crippen molar-refractivity contribution in [1.82, 2.24) is 4.90 Å². The zero-order valence-electron chi connectivity index (χ0n) is 10.7. The third-order valence-electron chi connectivity index (χ3n) is 3.02. The van der Waals surface area contributed by atoms with Crippen LogP contribution in [0.15, 0.2) is 0 Å². The van der Waals surface area contributed by atoms with Crippen molar-refractivity contribution in [1.29, 1.82) is 0 Å². The van der Waals surface area contributed by atoms with Crippen LogP contribution in [0.2, 0.25) is 0 Å². The molecule has 0 amide bonds. The summed E-state index contributed by atoms with van der Waals surface area (Å²) in [7, 11) is 1.53. The van der Waals surface area contributed by atoms with Gasteiger partial charge >= 0.3 is 5.97 Å². The van der Waals surface area contributed by atoms with Crippen LogP contribution in [0.1, 0.15) is 26.2 Å². The lowest BCUT2D eigenvalue weighted by Gasteiger charge is -2.35. The fraction of sp³-hybridized carbons (Fsp3) is 0.917. The van der Waals surface area contributed by atoms with Gasteiger partial charge in [0, 0.05) is 20.3 Å². The molecule has 100 valence electrons. The molecule has 1 N–H and O–H groups in total. The summed E-state index contributed by atoms with van der Waals surface area (Å²) < 4.78 is 10.7. The van der Waals surface area contributed by atoms with E-state index >= 15 is 0 Å². The molecular formula is C12H23NO4. The lowest BCUT2D eigenvalue weighted by Crippen LogP contribution is -2.50. The Morgan fingerprint density at radius 2 is 2.35 bits per heavy atom. The zero-order chi connectivity index (χ0) is 12.7. The van der Waals surface area contributed by atoms with Crippen LogP contribution in [0.5, 0.6) is 0 Å². The molecule has 1 aliphatic heterocycles. The number of piperidine rings is 1. The molecule has 0 spiro atoms. The first-order valence-electron chi connectivity index (χ1n) is 6.26. The highest BCUT2D eigenvalue weighted by Crippen LogP contribution is 2.16. The van der Waals surface area contributed by atoms with Gasteiger partial charge in [0.2, 0.25) is 0 Å². The predicted molar refractivity (Wildman–Crippen MR) is 64.1 cm³/mol. The van der Waals surface area contributed by atoms with E-state index in [1.807, 2.05) is 4.90 Å². The fourth-order valence-corrected chi connectivity index (χ4v) is 2.16. The Hall–Kier alpha value is -0.650. The van der Waals surface area contributed by atoms with E-state index < -0.39 is 12.0 Å². The number of nitrogens with zero attached hydrogens (tertiary/aromatic N) is 1. The summed E-state index contributed by atoms with van der Waals surface area (Å²) in [6, 6.07) is -0.548. The highest BCUT2D eigenvalue weighted by atomic mass is 16.5. The Kier molecular flexibility index (Phi) is 6.47. The number of likely N-dealkylation sites (tertiary alicyclic amines) is 1. The number of carboxylic acid groups (broad SMARTS) is 1. The van der Waals surface area contributed by atoms with E-state index in [1.165, 1.54) is 7.11 Å². The first kappa shape index (κ1) is 14.4. The van der Waals surface area contributed by atoms with Gasteiger partial charge in [-0.25, -0.2) is 0 Å². The van der Waals surface area contributed by atoms with Crippen LogP contribution in [0.3, 0.4) is 0 Å². The summed E-state index contributed by atoms with van der Waals surface area (Å²) in [4.78, 5) is 13.1. The molecule has 5 heteroatoms. The molecule has 0 aliphatic carbocycles. The number of carbonyl (C=O) groups is 1. The summed E-state index contributed by atoms with van der Waals surface area (Å²) in [5.41, 5.74) is 0. The lowest BCUT2D eigenvalue weighted by atomic mass is 10.1. The molecule has 1 saturated heterocycles. The zero-order valence-corrected chi connectivity index (χ0v) is 10.7. The molecule has 1 fully saturated rings. The average Bonchev–Trinajstić information content (AvgIpc) is 2.33. The van der Waals surface area contributed by atoms with Gasteiger partial charge in [-0.3, -0.25) is 9.69 Å². The van der Waals surface area contributed by atoms with Crippen LogP contribution in [-0.4, -0.2) is 61.5 Å². The van der Waals surface area contributed by atoms with E-state index in [0.29, 0.717) is 6.54 Å². The van der Waals surface area contributed by atoms with Crippen molar-refractivity contribution in [2.24, 2.45) is 0 Å². The monoisotopic (exact) mass is 245 g/mol. The molecule has 1 rings (SSSR count). The van der Waals surface area contributed by atoms with Gasteiger partial charge in [-0.2, -0.15) is 0 Å². The first-order chi connectivity index (χ1) is 8.19. The van der Waals surface area contributed by atoms with Crippen LogP contribution in [0, 0.1) is 0 Å². The van der Waals surface area contributed by atoms with Gasteiger partial charge < -0.3 is 14.6 Å². The molecule has 5 nitrogen and oxygen atoms in total. The molecule has 0 saturated carbocycles. The minimum atomic E-state index is -0.817. The smallest absolute Gasteiger partial charge is 0.323 e. The van der Waals surface area contributed by atoms with Gasteiger partial charge in [-0.15, -0.1) is 0 Å². The number of rotatable bonds is 7. The average molecular weight is 245 g/mol. The first-order valence-corrected chi connectivity index (χ1v) is 6.26. The van der Waals surface area contributed by atoms with Crippen molar-refractivity contribution in [3.8, 4) is 0 Å². The normalized spacial score (nSPS) is 23.5. The Morgan fingerprint density at radius 1 is 1.59 bits per heavy atom. The number of hydrogen-bond acceptors (Lipinski definition) is 4. The van der Waals surface area contributed by atoms with Crippen molar-refractivity contribution in [3.63, 3.8) is 0 Å². The second-order valence-corrected chi connectivity index (χ2v) is 4.44. The number of methoxy groups -OCH3 is 1. The molecule has 0 aromatic heterocycles. The van der Waals surface area contributed by atoms with Crippen molar-refractivity contribution >= 4 is 5.97 Å². The van der Waals surface area contributed by atoms with Gasteiger partial charge in [-0.05, 0) is 25.8 Å². The third-order valence-corrected chi connectivity index (χ3v) is 3.02. The van der Waals surface area contributed by atoms with E-state index in [-0.39, 0.29) is 12.7 Å². The topological polar surface area (TPSA) is 59.0 Å². The number of carboxylic acids is 1. The van der Waals surface area contributed by atoms with Gasteiger partial charge in [0.15, 0.2) is 0 Å². The minimum Gasteiger partial charge on any atom is -0.480 e. The summed E-state index contributed by atoms with van der Waals surface area (Å²) in [5, 5.41) is 9.16. The van der Waals surface area contributed by atoms with Crippen molar-refractivity contribution in [2.75, 3.05) is 33.4 Å². The molecule has 2 unspecified atom stereocenters. The van der Waals surface area contributed by atoms with E-state index in [0.717, 1.165) is 32.4 Å². The maximum atomic E-state index is 11.1. The summed E-state index contributed by atoms with van der Waals surface area (Å²) in [6.45, 7) is 4.56. The molecule has 17 heavy (non-hydrogen) atoms. The highest BCUT2D eigenvalue weighted by Gasteiger charge is 2.30. The summed E-state index contributed by atoms with van der Waals surface area (Å²) in [6.07, 6.45) is 3.18. The van der Waals surface area contributed by atoms with Gasteiger partial charge in [-0.1, -0.05) is 6.92 Å². The molecule has 0 aromatic carbocycles. The Balaban J connectivity index is 2.48. The van der Waals surface area contributed by atoms with Gasteiger partial charge in [0.25, 0.3) is 0 Å². The van der Waals surface area contributed by atoms with Crippen molar-refractivity contribution in [3.05, 3.63) is 0 Å². The molecule has 0 bridgehead atoms. The largest absolute Gasteiger partial charge is 0.480 e. The maximum absolute atomic E-state index is 11.1. The van der Waals surface area contributed by atoms with Crippen molar-refractivity contribution in [2.45, 2.75) is 38.3 Å². The van der Waals surface area contributed by atoms with Crippen LogP contribution < -0.4 is 0 Å². The molecule has 2 atom stereocenters. The Labute approximate surface area is 103 Å². The second-order valence-electron chi connectivity index (χ2n) is 4.44. The third kappa shape index (κ3) is 4.61. The highest BCUT2D eigenvalue weighted by molar-refractivity contribution is 5.73. The molecular weight excluding hydrogens is 222 g/mol. The number of ether oxygens (including phenoxy) is 2. The van der Waals surface area contributed by atoms with Gasteiger partial charge in [0.05, 0.1) is 12.7 Å². The molecule has 0 aromatic rings. The molecule has 0 radical (unpaired) electrons. The summed E-state index contributed by atoms with van der Waals surface area (Å²) >= 11 is 0. The van der Waals surface area contributed by atoms with Gasteiger partial charge in [0.1, 0.15) is 6.04 Å². The maximum Gasteiger partial charge on any atom is 0.323 e. The van der Waals surface area contributed by atoms with E-state index in [1.54, 1.807) is 0 Å². The standard InChI is InChI=1S/C12H23NO4/c1-3-7-17-10-5-4-6-13(8-10)11(9-16-2)12(14)15/h10-11H,3-9H2,1-2H3,(H,14,15). The van der Waals surface area contributed by atoms with Crippen molar-refractivity contribution < 1.29 is 19.4 Å². The van der Waals surface area contributed by atoms with E-state index in [2.05, 4.69) is 6.92 Å². The summed E-state index contributed by atoms with van der Waals surface area (Å²) in [5.74, 6) is -0.817. The van der Waals surface area contributed by atoms with E-state index in [9.17, 15) is 4.79 Å². The number of hydrogen-bond donors (Lipinski definition) is 1. The fourth-order valence-electron chi connectivity index (χ4n) is 2.16.